The number of hydrogen-bond donors (Lipinski definition) is 1. The zero-order valence-electron chi connectivity index (χ0n) is 13.5. The van der Waals surface area contributed by atoms with Gasteiger partial charge < -0.3 is 9.88 Å². The maximum absolute atomic E-state index is 13.4. The maximum Gasteiger partial charge on any atom is 0.244 e. The van der Waals surface area contributed by atoms with Crippen molar-refractivity contribution in [1.29, 1.82) is 0 Å². The molecule has 24 heavy (non-hydrogen) atoms. The molecule has 4 nitrogen and oxygen atoms in total. The van der Waals surface area contributed by atoms with Crippen LogP contribution in [0.25, 0.3) is 11.0 Å². The second-order valence-corrected chi connectivity index (χ2v) is 6.41. The minimum Gasteiger partial charge on any atom is -0.324 e. The van der Waals surface area contributed by atoms with Gasteiger partial charge in [0.1, 0.15) is 18.2 Å². The molecule has 0 saturated carbocycles. The van der Waals surface area contributed by atoms with Crippen LogP contribution >= 0.6 is 11.8 Å². The molecule has 0 aliphatic carbocycles. The molecule has 3 rings (SSSR count). The highest BCUT2D eigenvalue weighted by atomic mass is 32.2. The Morgan fingerprint density at radius 1 is 1.29 bits per heavy atom. The molecule has 2 aromatic carbocycles. The van der Waals surface area contributed by atoms with Crippen LogP contribution in [-0.4, -0.2) is 21.7 Å². The lowest BCUT2D eigenvalue weighted by Gasteiger charge is -2.11. The van der Waals surface area contributed by atoms with Crippen molar-refractivity contribution in [3.8, 4) is 0 Å². The molecule has 3 aromatic rings. The highest BCUT2D eigenvalue weighted by molar-refractivity contribution is 7.97. The number of nitrogens with one attached hydrogen (secondary N) is 1. The normalized spacial score (nSPS) is 11.0. The lowest BCUT2D eigenvalue weighted by molar-refractivity contribution is -0.116. The SMILES string of the molecule is CSCc1nc2ccccc2n1CC(=O)Nc1cc(F)ccc1C. The van der Waals surface area contributed by atoms with E-state index in [1.54, 1.807) is 17.8 Å². The number of halogens is 1. The molecule has 0 spiro atoms. The minimum absolute atomic E-state index is 0.145. The van der Waals surface area contributed by atoms with Crippen molar-refractivity contribution < 1.29 is 9.18 Å². The van der Waals surface area contributed by atoms with Crippen LogP contribution < -0.4 is 5.32 Å². The monoisotopic (exact) mass is 343 g/mol. The minimum atomic E-state index is -0.368. The Morgan fingerprint density at radius 3 is 2.88 bits per heavy atom. The predicted octanol–water partition coefficient (Wildman–Crippen LogP) is 3.99. The fourth-order valence-electron chi connectivity index (χ4n) is 2.60. The summed E-state index contributed by atoms with van der Waals surface area (Å²) in [5, 5.41) is 2.79. The van der Waals surface area contributed by atoms with Crippen LogP contribution in [0.2, 0.25) is 0 Å². The zero-order chi connectivity index (χ0) is 17.1. The quantitative estimate of drug-likeness (QED) is 0.762. The summed E-state index contributed by atoms with van der Waals surface area (Å²) in [7, 11) is 0. The fraction of sp³-hybridized carbons (Fsp3) is 0.222. The second kappa shape index (κ2) is 7.05. The Bertz CT molecular complexity index is 891. The maximum atomic E-state index is 13.4. The van der Waals surface area contributed by atoms with E-state index in [0.29, 0.717) is 5.69 Å². The van der Waals surface area contributed by atoms with E-state index in [2.05, 4.69) is 10.3 Å². The van der Waals surface area contributed by atoms with Crippen LogP contribution in [-0.2, 0) is 17.1 Å². The highest BCUT2D eigenvalue weighted by Gasteiger charge is 2.14. The summed E-state index contributed by atoms with van der Waals surface area (Å²) in [4.78, 5) is 17.1. The first-order chi connectivity index (χ1) is 11.6. The molecular formula is C18H18FN3OS. The lowest BCUT2D eigenvalue weighted by Crippen LogP contribution is -2.20. The van der Waals surface area contributed by atoms with Crippen molar-refractivity contribution >= 4 is 34.4 Å². The molecule has 1 amide bonds. The molecule has 0 atom stereocenters. The predicted molar refractivity (Wildman–Crippen MR) is 96.7 cm³/mol. The molecule has 1 heterocycles. The number of anilines is 1. The lowest BCUT2D eigenvalue weighted by atomic mass is 10.2. The number of fused-ring (bicyclic) bond motifs is 1. The largest absolute Gasteiger partial charge is 0.324 e. The summed E-state index contributed by atoms with van der Waals surface area (Å²) in [6.07, 6.45) is 2.00. The van der Waals surface area contributed by atoms with Gasteiger partial charge in [0.2, 0.25) is 5.91 Å². The first kappa shape index (κ1) is 16.5. The first-order valence-electron chi connectivity index (χ1n) is 7.57. The highest BCUT2D eigenvalue weighted by Crippen LogP contribution is 2.20. The summed E-state index contributed by atoms with van der Waals surface area (Å²) in [5.74, 6) is 1.01. The molecule has 0 fully saturated rings. The van der Waals surface area contributed by atoms with E-state index in [-0.39, 0.29) is 18.3 Å². The van der Waals surface area contributed by atoms with Gasteiger partial charge in [0, 0.05) is 5.69 Å². The third-order valence-electron chi connectivity index (χ3n) is 3.78. The third kappa shape index (κ3) is 3.43. The van der Waals surface area contributed by atoms with Crippen LogP contribution in [0.5, 0.6) is 0 Å². The number of thioether (sulfide) groups is 1. The van der Waals surface area contributed by atoms with Crippen molar-refractivity contribution in [2.75, 3.05) is 11.6 Å². The van der Waals surface area contributed by atoms with Gasteiger partial charge in [-0.05, 0) is 43.0 Å². The molecule has 0 aliphatic heterocycles. The van der Waals surface area contributed by atoms with Gasteiger partial charge in [0.25, 0.3) is 0 Å². The number of aryl methyl sites for hydroxylation is 1. The molecule has 0 aliphatic rings. The molecule has 0 saturated heterocycles. The van der Waals surface area contributed by atoms with E-state index in [0.717, 1.165) is 28.2 Å². The summed E-state index contributed by atoms with van der Waals surface area (Å²) in [6, 6.07) is 12.1. The Hall–Kier alpha value is -2.34. The number of carbonyl (C=O) groups excluding carboxylic acids is 1. The average molecular weight is 343 g/mol. The summed E-state index contributed by atoms with van der Waals surface area (Å²) < 4.78 is 15.3. The van der Waals surface area contributed by atoms with Crippen molar-refractivity contribution in [1.82, 2.24) is 9.55 Å². The number of amides is 1. The van der Waals surface area contributed by atoms with Gasteiger partial charge in [-0.3, -0.25) is 4.79 Å². The molecule has 6 heteroatoms. The molecular weight excluding hydrogens is 325 g/mol. The molecule has 0 bridgehead atoms. The van der Waals surface area contributed by atoms with Crippen molar-refractivity contribution in [3.63, 3.8) is 0 Å². The number of carbonyl (C=O) groups is 1. The average Bonchev–Trinajstić information content (AvgIpc) is 2.89. The topological polar surface area (TPSA) is 46.9 Å². The van der Waals surface area contributed by atoms with Crippen LogP contribution in [0.15, 0.2) is 42.5 Å². The fourth-order valence-corrected chi connectivity index (χ4v) is 3.08. The van der Waals surface area contributed by atoms with Gasteiger partial charge in [-0.2, -0.15) is 11.8 Å². The standard InChI is InChI=1S/C18H18FN3OS/c1-12-7-8-13(19)9-15(12)21-18(23)10-22-16-6-4-3-5-14(16)20-17(22)11-24-2/h3-9H,10-11H2,1-2H3,(H,21,23). The molecule has 1 aromatic heterocycles. The summed E-state index contributed by atoms with van der Waals surface area (Å²) in [6.45, 7) is 1.98. The Morgan fingerprint density at radius 2 is 2.08 bits per heavy atom. The molecule has 1 N–H and O–H groups in total. The Kier molecular flexibility index (Phi) is 4.85. The van der Waals surface area contributed by atoms with Crippen LogP contribution in [0.1, 0.15) is 11.4 Å². The van der Waals surface area contributed by atoms with Crippen molar-refractivity contribution in [2.45, 2.75) is 19.2 Å². The number of aromatic nitrogens is 2. The van der Waals surface area contributed by atoms with E-state index in [9.17, 15) is 9.18 Å². The van der Waals surface area contributed by atoms with Gasteiger partial charge >= 0.3 is 0 Å². The van der Waals surface area contributed by atoms with Crippen LogP contribution in [0.3, 0.4) is 0 Å². The first-order valence-corrected chi connectivity index (χ1v) is 8.97. The number of hydrogen-bond acceptors (Lipinski definition) is 3. The number of benzene rings is 2. The summed E-state index contributed by atoms with van der Waals surface area (Å²) in [5.41, 5.74) is 3.12. The van der Waals surface area contributed by atoms with E-state index in [1.807, 2.05) is 42.0 Å². The van der Waals surface area contributed by atoms with E-state index >= 15 is 0 Å². The second-order valence-electron chi connectivity index (χ2n) is 5.54. The van der Waals surface area contributed by atoms with Gasteiger partial charge in [-0.1, -0.05) is 18.2 Å². The molecule has 124 valence electrons. The van der Waals surface area contributed by atoms with E-state index in [1.165, 1.54) is 12.1 Å². The van der Waals surface area contributed by atoms with Crippen LogP contribution in [0.4, 0.5) is 10.1 Å². The van der Waals surface area contributed by atoms with Crippen molar-refractivity contribution in [3.05, 3.63) is 59.7 Å². The zero-order valence-corrected chi connectivity index (χ0v) is 14.4. The van der Waals surface area contributed by atoms with Crippen molar-refractivity contribution in [2.24, 2.45) is 0 Å². The number of rotatable bonds is 5. The molecule has 0 radical (unpaired) electrons. The number of imidazole rings is 1. The van der Waals surface area contributed by atoms with E-state index in [4.69, 9.17) is 0 Å². The summed E-state index contributed by atoms with van der Waals surface area (Å²) >= 11 is 1.65. The van der Waals surface area contributed by atoms with Gasteiger partial charge in [-0.25, -0.2) is 9.37 Å². The van der Waals surface area contributed by atoms with Gasteiger partial charge in [0.05, 0.1) is 16.8 Å². The smallest absolute Gasteiger partial charge is 0.244 e. The van der Waals surface area contributed by atoms with Gasteiger partial charge in [-0.15, -0.1) is 0 Å². The Balaban J connectivity index is 1.87. The number of para-hydroxylation sites is 2. The molecule has 0 unspecified atom stereocenters. The number of nitrogens with zero attached hydrogens (tertiary/aromatic N) is 2. The van der Waals surface area contributed by atoms with Crippen LogP contribution in [0, 0.1) is 12.7 Å². The van der Waals surface area contributed by atoms with E-state index < -0.39 is 0 Å². The third-order valence-corrected chi connectivity index (χ3v) is 4.33. The van der Waals surface area contributed by atoms with Gasteiger partial charge in [0.15, 0.2) is 0 Å². The Labute approximate surface area is 144 Å².